The molecule has 1 aromatic carbocycles. The number of hydrogen-bond acceptors (Lipinski definition) is 2. The second-order valence-electron chi connectivity index (χ2n) is 5.94. The first-order valence-corrected chi connectivity index (χ1v) is 7.26. The van der Waals surface area contributed by atoms with Crippen LogP contribution in [-0.4, -0.2) is 5.91 Å². The molecule has 2 aliphatic carbocycles. The summed E-state index contributed by atoms with van der Waals surface area (Å²) in [5.74, 6) is 2.32. The van der Waals surface area contributed by atoms with Crippen LogP contribution in [0, 0.1) is 17.8 Å². The van der Waals surface area contributed by atoms with Crippen LogP contribution < -0.4 is 5.48 Å². The Balaban J connectivity index is 1.38. The Kier molecular flexibility index (Phi) is 3.83. The molecule has 2 bridgehead atoms. The molecular weight excluding hydrogens is 238 g/mol. The zero-order valence-electron chi connectivity index (χ0n) is 11.2. The van der Waals surface area contributed by atoms with Gasteiger partial charge in [-0.1, -0.05) is 36.8 Å². The van der Waals surface area contributed by atoms with Crippen molar-refractivity contribution in [1.29, 1.82) is 0 Å². The molecule has 0 radical (unpaired) electrons. The van der Waals surface area contributed by atoms with Crippen LogP contribution in [0.25, 0.3) is 0 Å². The van der Waals surface area contributed by atoms with Crippen LogP contribution in [0.1, 0.15) is 37.7 Å². The van der Waals surface area contributed by atoms with Gasteiger partial charge in [0.15, 0.2) is 0 Å². The third-order valence-corrected chi connectivity index (χ3v) is 4.60. The van der Waals surface area contributed by atoms with Crippen molar-refractivity contribution >= 4 is 5.91 Å². The number of benzene rings is 1. The predicted molar refractivity (Wildman–Crippen MR) is 72.9 cm³/mol. The molecule has 2 aliphatic rings. The molecule has 2 fully saturated rings. The van der Waals surface area contributed by atoms with Gasteiger partial charge < -0.3 is 0 Å². The number of carbonyl (C=O) groups excluding carboxylic acids is 1. The highest BCUT2D eigenvalue weighted by atomic mass is 16.6. The fourth-order valence-corrected chi connectivity index (χ4v) is 3.68. The molecule has 3 rings (SSSR count). The molecule has 3 atom stereocenters. The summed E-state index contributed by atoms with van der Waals surface area (Å²) in [6.45, 7) is 0.434. The minimum Gasteiger partial charge on any atom is -0.273 e. The van der Waals surface area contributed by atoms with E-state index in [0.717, 1.165) is 17.4 Å². The van der Waals surface area contributed by atoms with Gasteiger partial charge in [0, 0.05) is 6.42 Å². The van der Waals surface area contributed by atoms with Gasteiger partial charge >= 0.3 is 0 Å². The Morgan fingerprint density at radius 1 is 1.21 bits per heavy atom. The summed E-state index contributed by atoms with van der Waals surface area (Å²) in [6, 6.07) is 9.88. The summed E-state index contributed by atoms with van der Waals surface area (Å²) < 4.78 is 0. The highest BCUT2D eigenvalue weighted by molar-refractivity contribution is 5.75. The second kappa shape index (κ2) is 5.74. The zero-order valence-corrected chi connectivity index (χ0v) is 11.2. The first-order chi connectivity index (χ1) is 9.31. The van der Waals surface area contributed by atoms with E-state index < -0.39 is 0 Å². The lowest BCUT2D eigenvalue weighted by Crippen LogP contribution is -2.27. The summed E-state index contributed by atoms with van der Waals surface area (Å²) in [4.78, 5) is 17.1. The highest BCUT2D eigenvalue weighted by Crippen LogP contribution is 2.49. The lowest BCUT2D eigenvalue weighted by Gasteiger charge is -2.20. The minimum atomic E-state index is 0.0356. The lowest BCUT2D eigenvalue weighted by atomic mass is 9.86. The molecule has 0 saturated heterocycles. The van der Waals surface area contributed by atoms with E-state index in [-0.39, 0.29) is 5.91 Å². The van der Waals surface area contributed by atoms with E-state index >= 15 is 0 Å². The van der Waals surface area contributed by atoms with E-state index in [1.807, 2.05) is 30.3 Å². The van der Waals surface area contributed by atoms with Crippen LogP contribution in [0.5, 0.6) is 0 Å². The van der Waals surface area contributed by atoms with Gasteiger partial charge in [0.25, 0.3) is 0 Å². The molecule has 0 spiro atoms. The van der Waals surface area contributed by atoms with Crippen molar-refractivity contribution in [3.63, 3.8) is 0 Å². The van der Waals surface area contributed by atoms with Crippen molar-refractivity contribution in [3.05, 3.63) is 35.9 Å². The number of carbonyl (C=O) groups is 1. The van der Waals surface area contributed by atoms with E-state index in [0.29, 0.717) is 18.9 Å². The van der Waals surface area contributed by atoms with Gasteiger partial charge in [-0.15, -0.1) is 0 Å². The number of amides is 1. The van der Waals surface area contributed by atoms with Crippen LogP contribution >= 0.6 is 0 Å². The van der Waals surface area contributed by atoms with Gasteiger partial charge in [0.1, 0.15) is 0 Å². The topological polar surface area (TPSA) is 38.3 Å². The molecule has 102 valence electrons. The van der Waals surface area contributed by atoms with E-state index in [1.165, 1.54) is 25.7 Å². The summed E-state index contributed by atoms with van der Waals surface area (Å²) in [5.41, 5.74) is 3.65. The van der Waals surface area contributed by atoms with E-state index in [2.05, 4.69) is 5.48 Å². The number of fused-ring (bicyclic) bond motifs is 2. The normalized spacial score (nSPS) is 28.5. The van der Waals surface area contributed by atoms with Crippen LogP contribution in [0.4, 0.5) is 0 Å². The van der Waals surface area contributed by atoms with Gasteiger partial charge in [-0.3, -0.25) is 9.63 Å². The average molecular weight is 259 g/mol. The predicted octanol–water partition coefficient (Wildman–Crippen LogP) is 3.06. The molecule has 0 heterocycles. The first kappa shape index (κ1) is 12.7. The van der Waals surface area contributed by atoms with Crippen LogP contribution in [0.3, 0.4) is 0 Å². The molecule has 0 unspecified atom stereocenters. The van der Waals surface area contributed by atoms with Crippen molar-refractivity contribution < 1.29 is 9.63 Å². The summed E-state index contributed by atoms with van der Waals surface area (Å²) in [5, 5.41) is 0. The molecule has 3 nitrogen and oxygen atoms in total. The second-order valence-corrected chi connectivity index (χ2v) is 5.94. The van der Waals surface area contributed by atoms with E-state index in [9.17, 15) is 4.79 Å². The van der Waals surface area contributed by atoms with Gasteiger partial charge in [-0.25, -0.2) is 5.48 Å². The molecule has 3 heteroatoms. The Hall–Kier alpha value is -1.35. The van der Waals surface area contributed by atoms with Gasteiger partial charge in [-0.2, -0.15) is 0 Å². The summed E-state index contributed by atoms with van der Waals surface area (Å²) in [6.07, 6.45) is 5.94. The van der Waals surface area contributed by atoms with Crippen molar-refractivity contribution in [3.8, 4) is 0 Å². The largest absolute Gasteiger partial charge is 0.273 e. The maximum Gasteiger partial charge on any atom is 0.243 e. The minimum absolute atomic E-state index is 0.0356. The molecule has 1 aromatic rings. The van der Waals surface area contributed by atoms with Crippen molar-refractivity contribution in [2.45, 2.75) is 38.7 Å². The molecule has 1 amide bonds. The first-order valence-electron chi connectivity index (χ1n) is 7.26. The fraction of sp³-hybridized carbons (Fsp3) is 0.562. The number of rotatable bonds is 5. The van der Waals surface area contributed by atoms with Crippen molar-refractivity contribution in [2.24, 2.45) is 17.8 Å². The molecule has 0 aliphatic heterocycles. The quantitative estimate of drug-likeness (QED) is 0.825. The number of hydrogen-bond donors (Lipinski definition) is 1. The number of nitrogens with one attached hydrogen (secondary N) is 1. The van der Waals surface area contributed by atoms with Crippen molar-refractivity contribution in [2.75, 3.05) is 0 Å². The highest BCUT2D eigenvalue weighted by Gasteiger charge is 2.40. The Morgan fingerprint density at radius 3 is 2.74 bits per heavy atom. The van der Waals surface area contributed by atoms with Crippen molar-refractivity contribution in [1.82, 2.24) is 5.48 Å². The van der Waals surface area contributed by atoms with E-state index in [4.69, 9.17) is 4.84 Å². The van der Waals surface area contributed by atoms with Crippen LogP contribution in [0.2, 0.25) is 0 Å². The monoisotopic (exact) mass is 259 g/mol. The van der Waals surface area contributed by atoms with Crippen LogP contribution in [0.15, 0.2) is 30.3 Å². The molecule has 2 saturated carbocycles. The lowest BCUT2D eigenvalue weighted by molar-refractivity contribution is -0.135. The zero-order chi connectivity index (χ0) is 13.1. The molecule has 1 N–H and O–H groups in total. The van der Waals surface area contributed by atoms with E-state index in [1.54, 1.807) is 0 Å². The Labute approximate surface area is 114 Å². The SMILES string of the molecule is O=C(C[C@@H]1C[C@@H]2CC[C@@H]1C2)NOCc1ccccc1. The third kappa shape index (κ3) is 3.16. The third-order valence-electron chi connectivity index (χ3n) is 4.60. The molecule has 19 heavy (non-hydrogen) atoms. The maximum atomic E-state index is 11.8. The Bertz CT molecular complexity index is 432. The Morgan fingerprint density at radius 2 is 2.05 bits per heavy atom. The summed E-state index contributed by atoms with van der Waals surface area (Å²) in [7, 11) is 0. The van der Waals surface area contributed by atoms with Gasteiger partial charge in [0.05, 0.1) is 6.61 Å². The summed E-state index contributed by atoms with van der Waals surface area (Å²) >= 11 is 0. The van der Waals surface area contributed by atoms with Crippen LogP contribution in [-0.2, 0) is 16.2 Å². The standard InChI is InChI=1S/C16H21NO2/c18-16(10-15-9-13-6-7-14(15)8-13)17-19-11-12-4-2-1-3-5-12/h1-5,13-15H,6-11H2,(H,17,18)/t13-,14-,15+/m1/s1. The number of hydroxylamine groups is 1. The molecule has 0 aromatic heterocycles. The fourth-order valence-electron chi connectivity index (χ4n) is 3.68. The van der Waals surface area contributed by atoms with Gasteiger partial charge in [-0.05, 0) is 42.6 Å². The average Bonchev–Trinajstić information content (AvgIpc) is 3.02. The smallest absolute Gasteiger partial charge is 0.243 e. The maximum absolute atomic E-state index is 11.8. The molecular formula is C16H21NO2. The van der Waals surface area contributed by atoms with Gasteiger partial charge in [0.2, 0.25) is 5.91 Å².